The van der Waals surface area contributed by atoms with Crippen molar-refractivity contribution in [2.45, 2.75) is 24.9 Å². The predicted octanol–water partition coefficient (Wildman–Crippen LogP) is 4.91. The number of amides is 2. The van der Waals surface area contributed by atoms with Crippen LogP contribution in [0.2, 0.25) is 0 Å². The van der Waals surface area contributed by atoms with E-state index < -0.39 is 0 Å². The summed E-state index contributed by atoms with van der Waals surface area (Å²) in [6, 6.07) is 13.1. The number of fused-ring (bicyclic) bond motifs is 1. The van der Waals surface area contributed by atoms with E-state index in [4.69, 9.17) is 4.74 Å². The molecule has 0 fully saturated rings. The van der Waals surface area contributed by atoms with Crippen molar-refractivity contribution in [1.29, 1.82) is 0 Å². The molecule has 3 heterocycles. The summed E-state index contributed by atoms with van der Waals surface area (Å²) in [6.45, 7) is 4.09. The van der Waals surface area contributed by atoms with Crippen molar-refractivity contribution in [1.82, 2.24) is 24.5 Å². The monoisotopic (exact) mass is 434 g/mol. The summed E-state index contributed by atoms with van der Waals surface area (Å²) in [5, 5.41) is 8.96. The number of pyridine rings is 2. The lowest BCUT2D eigenvalue weighted by molar-refractivity contribution is 0.257. The second-order valence-electron chi connectivity index (χ2n) is 7.03. The first kappa shape index (κ1) is 20.7. The van der Waals surface area contributed by atoms with Crippen LogP contribution < -0.4 is 14.8 Å². The zero-order valence-corrected chi connectivity index (χ0v) is 18.2. The highest BCUT2D eigenvalue weighted by Crippen LogP contribution is 2.35. The molecule has 9 heteroatoms. The van der Waals surface area contributed by atoms with E-state index in [9.17, 15) is 4.79 Å². The fourth-order valence-electron chi connectivity index (χ4n) is 3.12. The van der Waals surface area contributed by atoms with Gasteiger partial charge in [-0.1, -0.05) is 6.07 Å². The lowest BCUT2D eigenvalue weighted by Crippen LogP contribution is -2.23. The maximum atomic E-state index is 12.7. The van der Waals surface area contributed by atoms with Gasteiger partial charge in [0.1, 0.15) is 5.03 Å². The number of aromatic nitrogens is 4. The molecule has 0 saturated heterocycles. The van der Waals surface area contributed by atoms with Crippen molar-refractivity contribution in [3.8, 4) is 17.0 Å². The highest BCUT2D eigenvalue weighted by atomic mass is 32.2. The summed E-state index contributed by atoms with van der Waals surface area (Å²) in [6.07, 6.45) is 5.28. The number of rotatable bonds is 6. The van der Waals surface area contributed by atoms with Gasteiger partial charge in [-0.05, 0) is 49.7 Å². The Morgan fingerprint density at radius 2 is 2.00 bits per heavy atom. The molecule has 0 unspecified atom stereocenters. The second-order valence-corrected chi connectivity index (χ2v) is 7.86. The van der Waals surface area contributed by atoms with Gasteiger partial charge in [0.15, 0.2) is 0 Å². The van der Waals surface area contributed by atoms with Crippen molar-refractivity contribution in [2.75, 3.05) is 12.4 Å². The van der Waals surface area contributed by atoms with Crippen molar-refractivity contribution in [2.24, 2.45) is 0 Å². The lowest BCUT2D eigenvalue weighted by atomic mass is 10.0. The maximum absolute atomic E-state index is 12.7. The Labute approximate surface area is 184 Å². The van der Waals surface area contributed by atoms with Crippen molar-refractivity contribution < 1.29 is 9.53 Å². The number of methoxy groups -OCH3 is 1. The molecule has 0 atom stereocenters. The summed E-state index contributed by atoms with van der Waals surface area (Å²) in [4.78, 5) is 21.3. The highest BCUT2D eigenvalue weighted by molar-refractivity contribution is 7.97. The molecule has 4 aromatic rings. The average molecular weight is 435 g/mol. The maximum Gasteiger partial charge on any atom is 0.329 e. The molecule has 158 valence electrons. The van der Waals surface area contributed by atoms with Crippen LogP contribution in [0.15, 0.2) is 66.1 Å². The first-order valence-corrected chi connectivity index (χ1v) is 10.5. The largest absolute Gasteiger partial charge is 0.481 e. The van der Waals surface area contributed by atoms with E-state index in [0.29, 0.717) is 16.6 Å². The average Bonchev–Trinajstić information content (AvgIpc) is 3.27. The number of benzene rings is 1. The van der Waals surface area contributed by atoms with Gasteiger partial charge in [0.2, 0.25) is 5.88 Å². The van der Waals surface area contributed by atoms with Gasteiger partial charge in [-0.2, -0.15) is 5.10 Å². The number of hydrogen-bond donors (Lipinski definition) is 2. The molecule has 1 aromatic carbocycles. The van der Waals surface area contributed by atoms with Crippen LogP contribution in [0.25, 0.3) is 22.0 Å². The van der Waals surface area contributed by atoms with Crippen LogP contribution in [0.3, 0.4) is 0 Å². The number of ether oxygens (including phenoxy) is 1. The first-order chi connectivity index (χ1) is 15.0. The van der Waals surface area contributed by atoms with Crippen LogP contribution in [0.4, 0.5) is 10.5 Å². The van der Waals surface area contributed by atoms with Crippen LogP contribution in [0.1, 0.15) is 19.9 Å². The molecule has 3 aromatic heterocycles. The van der Waals surface area contributed by atoms with Crippen molar-refractivity contribution >= 4 is 34.6 Å². The second kappa shape index (κ2) is 9.05. The molecule has 0 spiro atoms. The summed E-state index contributed by atoms with van der Waals surface area (Å²) in [5.41, 5.74) is 3.15. The summed E-state index contributed by atoms with van der Waals surface area (Å²) >= 11 is 1.16. The van der Waals surface area contributed by atoms with E-state index in [2.05, 4.69) is 25.1 Å². The van der Waals surface area contributed by atoms with Crippen LogP contribution in [-0.4, -0.2) is 32.9 Å². The van der Waals surface area contributed by atoms with Gasteiger partial charge in [0, 0.05) is 53.6 Å². The molecule has 0 aliphatic heterocycles. The Morgan fingerprint density at radius 3 is 2.77 bits per heavy atom. The van der Waals surface area contributed by atoms with E-state index >= 15 is 0 Å². The molecular formula is C22H22N6O2S. The van der Waals surface area contributed by atoms with Crippen LogP contribution in [0.5, 0.6) is 5.88 Å². The number of nitrogens with zero attached hydrogens (tertiary/aromatic N) is 4. The van der Waals surface area contributed by atoms with E-state index in [1.165, 1.54) is 0 Å². The van der Waals surface area contributed by atoms with Gasteiger partial charge < -0.3 is 10.1 Å². The fourth-order valence-corrected chi connectivity index (χ4v) is 3.63. The normalized spacial score (nSPS) is 11.0. The Bertz CT molecular complexity index is 1220. The minimum Gasteiger partial charge on any atom is -0.481 e. The van der Waals surface area contributed by atoms with E-state index in [0.717, 1.165) is 34.0 Å². The molecule has 0 aliphatic rings. The molecule has 0 bridgehead atoms. The summed E-state index contributed by atoms with van der Waals surface area (Å²) < 4.78 is 9.90. The molecule has 4 rings (SSSR count). The molecular weight excluding hydrogens is 412 g/mol. The number of nitrogens with one attached hydrogen (secondary N) is 2. The SMILES string of the molecule is COc1cc(-c2ccc3ncccc3c2NC(=O)NSc2ccn(C(C)C)n2)ccn1. The lowest BCUT2D eigenvalue weighted by Gasteiger charge is -2.15. The third-order valence-corrected chi connectivity index (χ3v) is 5.35. The minimum absolute atomic E-state index is 0.256. The Balaban J connectivity index is 1.62. The Morgan fingerprint density at radius 1 is 1.13 bits per heavy atom. The number of carbonyl (C=O) groups is 1. The number of carbonyl (C=O) groups excluding carboxylic acids is 1. The zero-order valence-electron chi connectivity index (χ0n) is 17.4. The zero-order chi connectivity index (χ0) is 21.8. The molecule has 31 heavy (non-hydrogen) atoms. The van der Waals surface area contributed by atoms with E-state index in [1.54, 1.807) is 19.5 Å². The predicted molar refractivity (Wildman–Crippen MR) is 122 cm³/mol. The summed E-state index contributed by atoms with van der Waals surface area (Å²) in [7, 11) is 1.57. The Kier molecular flexibility index (Phi) is 6.03. The standard InChI is InChI=1S/C22H22N6O2S/c1-14(2)28-12-9-20(26-28)31-27-22(29)25-21-16(15-8-11-24-19(13-15)30-3)6-7-18-17(21)5-4-10-23-18/h4-14H,1-3H3,(H2,25,27,29). The number of hydrogen-bond acceptors (Lipinski definition) is 6. The van der Waals surface area contributed by atoms with Gasteiger partial charge in [-0.15, -0.1) is 0 Å². The topological polar surface area (TPSA) is 94.0 Å². The third-order valence-electron chi connectivity index (χ3n) is 4.64. The van der Waals surface area contributed by atoms with Crippen LogP contribution in [0, 0.1) is 0 Å². The van der Waals surface area contributed by atoms with Gasteiger partial charge in [-0.25, -0.2) is 9.78 Å². The van der Waals surface area contributed by atoms with E-state index in [1.807, 2.05) is 67.2 Å². The first-order valence-electron chi connectivity index (χ1n) is 9.72. The molecule has 8 nitrogen and oxygen atoms in total. The van der Waals surface area contributed by atoms with E-state index in [-0.39, 0.29) is 12.1 Å². The molecule has 0 saturated carbocycles. The molecule has 0 aliphatic carbocycles. The van der Waals surface area contributed by atoms with Gasteiger partial charge in [0.25, 0.3) is 0 Å². The third kappa shape index (κ3) is 4.61. The minimum atomic E-state index is -0.359. The molecule has 0 radical (unpaired) electrons. The number of anilines is 1. The van der Waals surface area contributed by atoms with Crippen LogP contribution >= 0.6 is 11.9 Å². The molecule has 2 N–H and O–H groups in total. The van der Waals surface area contributed by atoms with Gasteiger partial charge in [0.05, 0.1) is 18.3 Å². The quantitative estimate of drug-likeness (QED) is 0.419. The van der Waals surface area contributed by atoms with Crippen molar-refractivity contribution in [3.05, 3.63) is 61.1 Å². The highest BCUT2D eigenvalue weighted by Gasteiger charge is 2.14. The number of urea groups is 1. The Hall–Kier alpha value is -3.59. The smallest absolute Gasteiger partial charge is 0.329 e. The molecule has 2 amide bonds. The van der Waals surface area contributed by atoms with Gasteiger partial charge >= 0.3 is 6.03 Å². The van der Waals surface area contributed by atoms with Gasteiger partial charge in [-0.3, -0.25) is 14.4 Å². The van der Waals surface area contributed by atoms with Crippen molar-refractivity contribution in [3.63, 3.8) is 0 Å². The summed E-state index contributed by atoms with van der Waals surface area (Å²) in [5.74, 6) is 0.496. The van der Waals surface area contributed by atoms with Crippen LogP contribution in [-0.2, 0) is 0 Å². The fraction of sp³-hybridized carbons (Fsp3) is 0.182.